The summed E-state index contributed by atoms with van der Waals surface area (Å²) in [6.45, 7) is 2.93. The van der Waals surface area contributed by atoms with Crippen LogP contribution < -0.4 is 24.4 Å². The minimum absolute atomic E-state index is 0.229. The molecule has 6 nitrogen and oxygen atoms in total. The van der Waals surface area contributed by atoms with Crippen LogP contribution in [0.5, 0.6) is 17.2 Å². The third-order valence-electron chi connectivity index (χ3n) is 5.02. The number of nitrogens with zero attached hydrogens (tertiary/aromatic N) is 1. The average molecular weight is 461 g/mol. The Hall–Kier alpha value is -3.84. The lowest BCUT2D eigenvalue weighted by Crippen LogP contribution is -2.30. The molecule has 0 atom stereocenters. The van der Waals surface area contributed by atoms with Crippen molar-refractivity contribution in [2.24, 2.45) is 0 Å². The van der Waals surface area contributed by atoms with Crippen LogP contribution in [0.15, 0.2) is 78.5 Å². The molecular weight excluding hydrogens is 436 g/mol. The number of benzene rings is 3. The number of nitrogens with one attached hydrogen (secondary N) is 1. The minimum atomic E-state index is -0.229. The number of carbonyl (C=O) groups is 1. The van der Waals surface area contributed by atoms with Gasteiger partial charge in [0.15, 0.2) is 16.6 Å². The summed E-state index contributed by atoms with van der Waals surface area (Å²) in [5.74, 6) is 1.72. The van der Waals surface area contributed by atoms with E-state index in [-0.39, 0.29) is 5.91 Å². The fraction of sp³-hybridized carbons (Fsp3) is 0.154. The van der Waals surface area contributed by atoms with Gasteiger partial charge in [-0.2, -0.15) is 0 Å². The first kappa shape index (κ1) is 22.4. The molecule has 4 rings (SSSR count). The predicted molar refractivity (Wildman–Crippen MR) is 133 cm³/mol. The summed E-state index contributed by atoms with van der Waals surface area (Å²) < 4.78 is 16.9. The predicted octanol–water partition coefficient (Wildman–Crippen LogP) is 4.94. The van der Waals surface area contributed by atoms with Gasteiger partial charge in [0, 0.05) is 0 Å². The minimum Gasteiger partial charge on any atom is -0.494 e. The van der Waals surface area contributed by atoms with Crippen molar-refractivity contribution in [1.82, 2.24) is 5.32 Å². The van der Waals surface area contributed by atoms with Gasteiger partial charge >= 0.3 is 0 Å². The van der Waals surface area contributed by atoms with Gasteiger partial charge in [0.05, 0.1) is 19.4 Å². The molecule has 1 amide bonds. The van der Waals surface area contributed by atoms with Crippen molar-refractivity contribution in [2.45, 2.75) is 13.5 Å². The maximum Gasteiger partial charge on any atom is 0.281 e. The molecule has 7 heteroatoms. The molecular formula is C26H24N2O4S. The van der Waals surface area contributed by atoms with E-state index in [0.29, 0.717) is 41.2 Å². The first-order valence-electron chi connectivity index (χ1n) is 10.5. The molecule has 0 aliphatic carbocycles. The van der Waals surface area contributed by atoms with Gasteiger partial charge in [0.2, 0.25) is 0 Å². The summed E-state index contributed by atoms with van der Waals surface area (Å²) in [5, 5.41) is 3.33. The number of amides is 1. The Morgan fingerprint density at radius 1 is 0.970 bits per heavy atom. The number of methoxy groups -OCH3 is 1. The van der Waals surface area contributed by atoms with Gasteiger partial charge in [0.25, 0.3) is 5.91 Å². The molecule has 0 spiro atoms. The highest BCUT2D eigenvalue weighted by atomic mass is 32.1. The smallest absolute Gasteiger partial charge is 0.281 e. The second-order valence-corrected chi connectivity index (χ2v) is 7.63. The van der Waals surface area contributed by atoms with Crippen molar-refractivity contribution >= 4 is 35.0 Å². The second kappa shape index (κ2) is 10.2. The van der Waals surface area contributed by atoms with E-state index in [4.69, 9.17) is 26.4 Å². The maximum atomic E-state index is 13.0. The topological polar surface area (TPSA) is 60.0 Å². The van der Waals surface area contributed by atoms with Crippen LogP contribution in [0, 0.1) is 0 Å². The van der Waals surface area contributed by atoms with Crippen LogP contribution in [0.4, 0.5) is 5.69 Å². The van der Waals surface area contributed by atoms with Crippen LogP contribution in [-0.4, -0.2) is 24.7 Å². The lowest BCUT2D eigenvalue weighted by atomic mass is 10.1. The Bertz CT molecular complexity index is 1180. The van der Waals surface area contributed by atoms with Gasteiger partial charge in [-0.1, -0.05) is 36.4 Å². The highest BCUT2D eigenvalue weighted by Gasteiger charge is 2.32. The molecule has 1 fully saturated rings. The van der Waals surface area contributed by atoms with Gasteiger partial charge in [-0.25, -0.2) is 0 Å². The molecule has 1 heterocycles. The molecule has 3 aromatic carbocycles. The molecule has 0 radical (unpaired) electrons. The van der Waals surface area contributed by atoms with Crippen LogP contribution in [0.3, 0.4) is 0 Å². The fourth-order valence-corrected chi connectivity index (χ4v) is 3.72. The quantitative estimate of drug-likeness (QED) is 0.380. The number of carbonyl (C=O) groups excluding carboxylic acids is 1. The van der Waals surface area contributed by atoms with E-state index >= 15 is 0 Å². The van der Waals surface area contributed by atoms with E-state index in [1.54, 1.807) is 13.2 Å². The average Bonchev–Trinajstić information content (AvgIpc) is 3.12. The van der Waals surface area contributed by atoms with E-state index in [1.165, 1.54) is 4.90 Å². The Balaban J connectivity index is 1.51. The van der Waals surface area contributed by atoms with Crippen LogP contribution in [-0.2, 0) is 11.4 Å². The molecule has 1 aliphatic heterocycles. The lowest BCUT2D eigenvalue weighted by molar-refractivity contribution is -0.113. The van der Waals surface area contributed by atoms with E-state index < -0.39 is 0 Å². The third kappa shape index (κ3) is 5.15. The Kier molecular flexibility index (Phi) is 6.90. The normalized spacial score (nSPS) is 14.4. The number of rotatable bonds is 8. The molecule has 3 aromatic rings. The number of hydrogen-bond acceptors (Lipinski definition) is 5. The Morgan fingerprint density at radius 3 is 2.42 bits per heavy atom. The summed E-state index contributed by atoms with van der Waals surface area (Å²) >= 11 is 5.40. The van der Waals surface area contributed by atoms with Crippen molar-refractivity contribution in [3.63, 3.8) is 0 Å². The van der Waals surface area contributed by atoms with Crippen LogP contribution in [0.25, 0.3) is 6.08 Å². The summed E-state index contributed by atoms with van der Waals surface area (Å²) in [4.78, 5) is 14.5. The largest absolute Gasteiger partial charge is 0.494 e. The monoisotopic (exact) mass is 460 g/mol. The number of anilines is 1. The Labute approximate surface area is 198 Å². The summed E-state index contributed by atoms with van der Waals surface area (Å²) in [5.41, 5.74) is 2.90. The van der Waals surface area contributed by atoms with Crippen LogP contribution in [0.2, 0.25) is 0 Å². The van der Waals surface area contributed by atoms with Crippen molar-refractivity contribution in [3.05, 3.63) is 89.6 Å². The van der Waals surface area contributed by atoms with Crippen molar-refractivity contribution in [1.29, 1.82) is 0 Å². The molecule has 168 valence electrons. The zero-order valence-corrected chi connectivity index (χ0v) is 19.2. The molecule has 1 saturated heterocycles. The second-order valence-electron chi connectivity index (χ2n) is 7.24. The molecule has 0 aromatic heterocycles. The molecule has 1 aliphatic rings. The number of hydrogen-bond donors (Lipinski definition) is 1. The van der Waals surface area contributed by atoms with E-state index in [9.17, 15) is 4.79 Å². The Morgan fingerprint density at radius 2 is 1.73 bits per heavy atom. The molecule has 33 heavy (non-hydrogen) atoms. The molecule has 0 bridgehead atoms. The van der Waals surface area contributed by atoms with Gasteiger partial charge in [0.1, 0.15) is 18.1 Å². The lowest BCUT2D eigenvalue weighted by Gasteiger charge is -2.14. The molecule has 0 saturated carbocycles. The SMILES string of the molecule is CCOc1ccc(N2C(=O)/C(=C/c3ccc(OCc4ccccc4)c(OC)c3)NC2=S)cc1. The number of ether oxygens (including phenoxy) is 3. The summed E-state index contributed by atoms with van der Waals surface area (Å²) in [6.07, 6.45) is 1.74. The van der Waals surface area contributed by atoms with Crippen molar-refractivity contribution in [3.8, 4) is 17.2 Å². The molecule has 0 unspecified atom stereocenters. The fourth-order valence-electron chi connectivity index (χ4n) is 3.42. The zero-order valence-electron chi connectivity index (χ0n) is 18.4. The van der Waals surface area contributed by atoms with Crippen molar-refractivity contribution in [2.75, 3.05) is 18.6 Å². The first-order valence-corrected chi connectivity index (χ1v) is 10.9. The van der Waals surface area contributed by atoms with Gasteiger partial charge < -0.3 is 19.5 Å². The number of thiocarbonyl (C=S) groups is 1. The summed E-state index contributed by atoms with van der Waals surface area (Å²) in [7, 11) is 1.59. The molecule has 1 N–H and O–H groups in total. The van der Waals surface area contributed by atoms with Crippen molar-refractivity contribution < 1.29 is 19.0 Å². The van der Waals surface area contributed by atoms with E-state index in [1.807, 2.05) is 79.7 Å². The highest BCUT2D eigenvalue weighted by molar-refractivity contribution is 7.80. The highest BCUT2D eigenvalue weighted by Crippen LogP contribution is 2.31. The summed E-state index contributed by atoms with van der Waals surface area (Å²) in [6, 6.07) is 22.7. The van der Waals surface area contributed by atoms with Gasteiger partial charge in [-0.3, -0.25) is 9.69 Å². The van der Waals surface area contributed by atoms with Gasteiger partial charge in [-0.05, 0) is 72.7 Å². The zero-order chi connectivity index (χ0) is 23.2. The maximum absolute atomic E-state index is 13.0. The first-order chi connectivity index (χ1) is 16.1. The van der Waals surface area contributed by atoms with Crippen LogP contribution in [0.1, 0.15) is 18.1 Å². The van der Waals surface area contributed by atoms with Crippen LogP contribution >= 0.6 is 12.2 Å². The van der Waals surface area contributed by atoms with Gasteiger partial charge in [-0.15, -0.1) is 0 Å². The van der Waals surface area contributed by atoms with E-state index in [2.05, 4.69) is 5.32 Å². The van der Waals surface area contributed by atoms with E-state index in [0.717, 1.165) is 16.9 Å². The standard InChI is InChI=1S/C26H24N2O4S/c1-3-31-21-12-10-20(11-13-21)28-25(29)22(27-26(28)33)15-19-9-14-23(24(16-19)30-2)32-17-18-7-5-4-6-8-18/h4-16H,3,17H2,1-2H3,(H,27,33)/b22-15-. The third-order valence-corrected chi connectivity index (χ3v) is 5.30.